The van der Waals surface area contributed by atoms with Crippen molar-refractivity contribution in [2.24, 2.45) is 4.99 Å². The van der Waals surface area contributed by atoms with Crippen molar-refractivity contribution in [1.82, 2.24) is 0 Å². The van der Waals surface area contributed by atoms with Crippen molar-refractivity contribution in [3.8, 4) is 0 Å². The molecule has 1 aromatic rings. The number of rotatable bonds is 2. The van der Waals surface area contributed by atoms with Crippen LogP contribution in [0.1, 0.15) is 25.3 Å². The second-order valence-corrected chi connectivity index (χ2v) is 3.94. The first-order valence-corrected chi connectivity index (χ1v) is 5.96. The largest absolute Gasteiger partial charge is 3.00 e. The maximum Gasteiger partial charge on any atom is 3.00 e. The van der Waals surface area contributed by atoms with Crippen molar-refractivity contribution in [2.45, 2.75) is 32.7 Å². The van der Waals surface area contributed by atoms with E-state index < -0.39 is 0 Å². The molecule has 1 aliphatic heterocycles. The van der Waals surface area contributed by atoms with Gasteiger partial charge in [-0.15, -0.1) is 6.54 Å². The molecule has 19 heavy (non-hydrogen) atoms. The van der Waals surface area contributed by atoms with Crippen molar-refractivity contribution in [1.29, 1.82) is 0 Å². The average molecular weight is 303 g/mol. The summed E-state index contributed by atoms with van der Waals surface area (Å²) in [4.78, 5) is 4.47. The van der Waals surface area contributed by atoms with Gasteiger partial charge in [-0.1, -0.05) is 44.0 Å². The molecule has 1 fully saturated rings. The zero-order valence-corrected chi connectivity index (χ0v) is 12.8. The topological polar surface area (TPSA) is 48.8 Å². The van der Waals surface area contributed by atoms with E-state index in [-0.39, 0.29) is 23.9 Å². The summed E-state index contributed by atoms with van der Waals surface area (Å²) in [5.41, 5.74) is 2.29. The van der Waals surface area contributed by atoms with E-state index in [0.717, 1.165) is 24.9 Å². The second kappa shape index (κ2) is 12.1. The monoisotopic (exact) mass is 302 g/mol. The van der Waals surface area contributed by atoms with Crippen molar-refractivity contribution in [3.05, 3.63) is 48.0 Å². The fourth-order valence-corrected chi connectivity index (χ4v) is 1.65. The van der Waals surface area contributed by atoms with Gasteiger partial charge in [-0.3, -0.25) is 4.99 Å². The molecule has 2 rings (SSSR count). The van der Waals surface area contributed by atoms with Gasteiger partial charge >= 0.3 is 16.5 Å². The Bertz CT molecular complexity index is 371. The van der Waals surface area contributed by atoms with Crippen LogP contribution >= 0.6 is 0 Å². The van der Waals surface area contributed by atoms with Gasteiger partial charge in [-0.2, -0.15) is 0 Å². The fraction of sp³-hybridized carbons (Fsp3) is 0.400. The van der Waals surface area contributed by atoms with Crippen LogP contribution in [0.5, 0.6) is 0 Å². The van der Waals surface area contributed by atoms with Gasteiger partial charge < -0.3 is 18.2 Å². The molecule has 4 heteroatoms. The molecule has 0 bridgehead atoms. The molecule has 1 atom stereocenters. The normalized spacial score (nSPS) is 16.8. The van der Waals surface area contributed by atoms with E-state index in [1.54, 1.807) is 6.92 Å². The smallest absolute Gasteiger partial charge is 0.814 e. The van der Waals surface area contributed by atoms with E-state index in [2.05, 4.69) is 23.3 Å². The van der Waals surface area contributed by atoms with E-state index in [4.69, 9.17) is 5.41 Å². The number of aliphatic imine (C=N–C) groups is 1. The van der Waals surface area contributed by atoms with E-state index in [0.29, 0.717) is 6.04 Å². The standard InChI is InChI=1S/C12H15N2.C2H4N.CH3.Ni/c1-10-5-2-3-7-12(10)14-9-11-6-4-8-13-11;1-2-3;;/h2-3,5,7,9,11H,4,6,8H2,1H3;2H,1H3;1H3;/q3*-1;+3. The van der Waals surface area contributed by atoms with Crippen molar-refractivity contribution >= 4 is 18.1 Å². The number of hydrogen-bond acceptors (Lipinski definition) is 1. The van der Waals surface area contributed by atoms with E-state index in [1.807, 2.05) is 24.4 Å². The number of hydrogen-bond donors (Lipinski definition) is 0. The molecular weight excluding hydrogens is 281 g/mol. The van der Waals surface area contributed by atoms with Crippen LogP contribution in [0.2, 0.25) is 0 Å². The van der Waals surface area contributed by atoms with E-state index in [1.165, 1.54) is 12.0 Å². The molecule has 1 aliphatic rings. The van der Waals surface area contributed by atoms with E-state index >= 15 is 0 Å². The third-order valence-corrected chi connectivity index (χ3v) is 2.52. The summed E-state index contributed by atoms with van der Waals surface area (Å²) in [7, 11) is 0. The summed E-state index contributed by atoms with van der Waals surface area (Å²) >= 11 is 0. The molecule has 0 amide bonds. The summed E-state index contributed by atoms with van der Waals surface area (Å²) in [5, 5.41) is 11.9. The van der Waals surface area contributed by atoms with Crippen LogP contribution in [0.4, 0.5) is 5.69 Å². The molecule has 0 aromatic heterocycles. The average Bonchev–Trinajstić information content (AvgIpc) is 2.82. The molecule has 0 saturated carbocycles. The Morgan fingerprint density at radius 2 is 2.00 bits per heavy atom. The summed E-state index contributed by atoms with van der Waals surface area (Å²) < 4.78 is 0. The number of benzene rings is 1. The minimum absolute atomic E-state index is 0. The molecule has 3 nitrogen and oxygen atoms in total. The van der Waals surface area contributed by atoms with Crippen LogP contribution in [0, 0.1) is 14.4 Å². The van der Waals surface area contributed by atoms with Crippen LogP contribution in [0.25, 0.3) is 10.7 Å². The van der Waals surface area contributed by atoms with Crippen LogP contribution in [0.15, 0.2) is 29.3 Å². The molecule has 0 N–H and O–H groups in total. The SMILES string of the molecule is CC=[N-].Cc1ccccc1N=CC1CCC[N-]1.[CH3-].[Ni+3]. The van der Waals surface area contributed by atoms with Crippen LogP contribution < -0.4 is 0 Å². The first kappa shape index (κ1) is 20.3. The minimum atomic E-state index is 0. The zero-order valence-electron chi connectivity index (χ0n) is 11.8. The molecule has 107 valence electrons. The maximum absolute atomic E-state index is 7.44. The molecule has 1 aromatic carbocycles. The molecular formula is C15H22N3Ni. The Morgan fingerprint density at radius 1 is 1.37 bits per heavy atom. The minimum Gasteiger partial charge on any atom is -0.814 e. The first-order chi connectivity index (χ1) is 8.27. The Kier molecular flexibility index (Phi) is 12.9. The summed E-state index contributed by atoms with van der Waals surface area (Å²) in [6, 6.07) is 8.54. The Labute approximate surface area is 127 Å². The zero-order chi connectivity index (χ0) is 12.5. The Hall–Kier alpha value is -0.986. The van der Waals surface area contributed by atoms with Gasteiger partial charge in [-0.05, 0) is 24.8 Å². The van der Waals surface area contributed by atoms with Gasteiger partial charge in [0, 0.05) is 0 Å². The van der Waals surface area contributed by atoms with Gasteiger partial charge in [0.25, 0.3) is 0 Å². The molecule has 1 unspecified atom stereocenters. The third-order valence-electron chi connectivity index (χ3n) is 2.52. The molecule has 1 radical (unpaired) electrons. The number of nitrogens with zero attached hydrogens (tertiary/aromatic N) is 3. The molecule has 1 heterocycles. The summed E-state index contributed by atoms with van der Waals surface area (Å²) in [6.45, 7) is 4.64. The quantitative estimate of drug-likeness (QED) is 0.443. The first-order valence-electron chi connectivity index (χ1n) is 5.96. The van der Waals surface area contributed by atoms with Gasteiger partial charge in [0.2, 0.25) is 0 Å². The van der Waals surface area contributed by atoms with Crippen molar-refractivity contribution in [2.75, 3.05) is 6.54 Å². The Balaban J connectivity index is 0. The van der Waals surface area contributed by atoms with Gasteiger partial charge in [0.05, 0.1) is 5.69 Å². The number of para-hydroxylation sites is 1. The van der Waals surface area contributed by atoms with Gasteiger partial charge in [-0.25, -0.2) is 6.21 Å². The second-order valence-electron chi connectivity index (χ2n) is 3.94. The third kappa shape index (κ3) is 7.91. The van der Waals surface area contributed by atoms with Crippen molar-refractivity contribution in [3.63, 3.8) is 0 Å². The van der Waals surface area contributed by atoms with Crippen LogP contribution in [-0.2, 0) is 16.5 Å². The fourth-order valence-electron chi connectivity index (χ4n) is 1.65. The maximum atomic E-state index is 7.44. The van der Waals surface area contributed by atoms with Gasteiger partial charge in [0.15, 0.2) is 0 Å². The predicted octanol–water partition coefficient (Wildman–Crippen LogP) is 4.33. The van der Waals surface area contributed by atoms with Crippen LogP contribution in [0.3, 0.4) is 0 Å². The van der Waals surface area contributed by atoms with Gasteiger partial charge in [0.1, 0.15) is 0 Å². The van der Waals surface area contributed by atoms with E-state index in [9.17, 15) is 0 Å². The number of aryl methyl sites for hydroxylation is 1. The molecule has 0 aliphatic carbocycles. The summed E-state index contributed by atoms with van der Waals surface area (Å²) in [6.07, 6.45) is 5.36. The molecule has 1 saturated heterocycles. The predicted molar refractivity (Wildman–Crippen MR) is 82.1 cm³/mol. The summed E-state index contributed by atoms with van der Waals surface area (Å²) in [5.74, 6) is 0. The molecule has 0 spiro atoms. The van der Waals surface area contributed by atoms with Crippen LogP contribution in [-0.4, -0.2) is 25.0 Å². The Morgan fingerprint density at radius 3 is 2.53 bits per heavy atom. The van der Waals surface area contributed by atoms with Crippen molar-refractivity contribution < 1.29 is 16.5 Å².